The first kappa shape index (κ1) is 7.74. The fourth-order valence-corrected chi connectivity index (χ4v) is 0.732. The molecule has 5 heteroatoms. The van der Waals surface area contributed by atoms with Crippen molar-refractivity contribution in [1.29, 1.82) is 0 Å². The summed E-state index contributed by atoms with van der Waals surface area (Å²) < 4.78 is 4.57. The molecule has 1 heterocycles. The van der Waals surface area contributed by atoms with Gasteiger partial charge < -0.3 is 14.9 Å². The van der Waals surface area contributed by atoms with E-state index in [-0.39, 0.29) is 0 Å². The molecule has 0 aromatic heterocycles. The van der Waals surface area contributed by atoms with Gasteiger partial charge >= 0.3 is 11.9 Å². The Bertz CT molecular complexity index is 197. The van der Waals surface area contributed by atoms with Crippen LogP contribution in [0.15, 0.2) is 12.2 Å². The third kappa shape index (κ3) is 1.56. The number of carboxylic acids is 2. The van der Waals surface area contributed by atoms with Crippen LogP contribution >= 0.6 is 0 Å². The Hall–Kier alpha value is -1.36. The molecule has 0 spiro atoms. The molecule has 2 atom stereocenters. The summed E-state index contributed by atoms with van der Waals surface area (Å²) in [7, 11) is 0. The van der Waals surface area contributed by atoms with Gasteiger partial charge in [0.05, 0.1) is 0 Å². The molecule has 2 N–H and O–H groups in total. The highest BCUT2D eigenvalue weighted by molar-refractivity contribution is 5.80. The lowest BCUT2D eigenvalue weighted by atomic mass is 10.3. The van der Waals surface area contributed by atoms with E-state index in [2.05, 4.69) is 4.74 Å². The number of aliphatic carboxylic acids is 2. The van der Waals surface area contributed by atoms with Gasteiger partial charge in [0.25, 0.3) is 0 Å². The summed E-state index contributed by atoms with van der Waals surface area (Å²) in [5.41, 5.74) is 0. The molecule has 0 unspecified atom stereocenters. The van der Waals surface area contributed by atoms with Gasteiger partial charge in [0.2, 0.25) is 0 Å². The topological polar surface area (TPSA) is 83.8 Å². The van der Waals surface area contributed by atoms with E-state index in [1.165, 1.54) is 12.2 Å². The smallest absolute Gasteiger partial charge is 0.336 e. The van der Waals surface area contributed by atoms with Crippen molar-refractivity contribution < 1.29 is 24.5 Å². The van der Waals surface area contributed by atoms with E-state index < -0.39 is 24.1 Å². The van der Waals surface area contributed by atoms with E-state index in [9.17, 15) is 9.59 Å². The van der Waals surface area contributed by atoms with Crippen molar-refractivity contribution in [3.63, 3.8) is 0 Å². The van der Waals surface area contributed by atoms with Crippen LogP contribution < -0.4 is 0 Å². The Balaban J connectivity index is 2.56. The Morgan fingerprint density at radius 3 is 1.64 bits per heavy atom. The van der Waals surface area contributed by atoms with E-state index in [1.807, 2.05) is 0 Å². The van der Waals surface area contributed by atoms with Gasteiger partial charge in [-0.15, -0.1) is 0 Å². The summed E-state index contributed by atoms with van der Waals surface area (Å²) in [6.45, 7) is 0. The fraction of sp³-hybridized carbons (Fsp3) is 0.333. The second-order valence-corrected chi connectivity index (χ2v) is 2.04. The predicted molar refractivity (Wildman–Crippen MR) is 33.1 cm³/mol. The lowest BCUT2D eigenvalue weighted by Gasteiger charge is -2.05. The highest BCUT2D eigenvalue weighted by Gasteiger charge is 2.28. The zero-order valence-electron chi connectivity index (χ0n) is 5.43. The maximum atomic E-state index is 10.2. The number of hydrogen-bond acceptors (Lipinski definition) is 3. The summed E-state index contributed by atoms with van der Waals surface area (Å²) in [5.74, 6) is -2.35. The zero-order chi connectivity index (χ0) is 8.43. The molecule has 5 nitrogen and oxygen atoms in total. The van der Waals surface area contributed by atoms with E-state index in [0.717, 1.165) is 0 Å². The highest BCUT2D eigenvalue weighted by Crippen LogP contribution is 2.11. The van der Waals surface area contributed by atoms with Crippen LogP contribution in [0.5, 0.6) is 0 Å². The Kier molecular flexibility index (Phi) is 1.91. The molecule has 0 radical (unpaired) electrons. The Labute approximate surface area is 61.9 Å². The maximum Gasteiger partial charge on any atom is 0.336 e. The minimum Gasteiger partial charge on any atom is -0.479 e. The van der Waals surface area contributed by atoms with Crippen LogP contribution in [-0.2, 0) is 14.3 Å². The summed E-state index contributed by atoms with van der Waals surface area (Å²) >= 11 is 0. The van der Waals surface area contributed by atoms with Crippen LogP contribution in [-0.4, -0.2) is 34.4 Å². The van der Waals surface area contributed by atoms with Gasteiger partial charge in [0, 0.05) is 0 Å². The summed E-state index contributed by atoms with van der Waals surface area (Å²) in [5, 5.41) is 16.7. The van der Waals surface area contributed by atoms with Crippen molar-refractivity contribution in [2.75, 3.05) is 0 Å². The van der Waals surface area contributed by atoms with E-state index in [1.54, 1.807) is 0 Å². The Morgan fingerprint density at radius 2 is 1.45 bits per heavy atom. The molecule has 0 saturated carbocycles. The van der Waals surface area contributed by atoms with Crippen LogP contribution in [0, 0.1) is 0 Å². The van der Waals surface area contributed by atoms with Gasteiger partial charge in [-0.05, 0) is 12.2 Å². The van der Waals surface area contributed by atoms with Crippen LogP contribution in [0.3, 0.4) is 0 Å². The van der Waals surface area contributed by atoms with E-state index >= 15 is 0 Å². The highest BCUT2D eigenvalue weighted by atomic mass is 16.5. The molecule has 0 fully saturated rings. The fourth-order valence-electron chi connectivity index (χ4n) is 0.732. The predicted octanol–water partition coefficient (Wildman–Crippen LogP) is -0.521. The first-order valence-electron chi connectivity index (χ1n) is 2.90. The molecule has 11 heavy (non-hydrogen) atoms. The molecule has 0 saturated heterocycles. The van der Waals surface area contributed by atoms with Crippen molar-refractivity contribution in [2.45, 2.75) is 12.2 Å². The molecule has 1 aliphatic heterocycles. The van der Waals surface area contributed by atoms with Crippen molar-refractivity contribution in [1.82, 2.24) is 0 Å². The van der Waals surface area contributed by atoms with Gasteiger partial charge in [-0.25, -0.2) is 9.59 Å². The first-order valence-corrected chi connectivity index (χ1v) is 2.90. The molecule has 0 aromatic carbocycles. The number of hydrogen-bond donors (Lipinski definition) is 2. The number of carbonyl (C=O) groups is 2. The third-order valence-corrected chi connectivity index (χ3v) is 1.24. The summed E-state index contributed by atoms with van der Waals surface area (Å²) in [6, 6.07) is 0. The minimum absolute atomic E-state index is 1.11. The third-order valence-electron chi connectivity index (χ3n) is 1.24. The van der Waals surface area contributed by atoms with Crippen LogP contribution in [0.1, 0.15) is 0 Å². The van der Waals surface area contributed by atoms with Crippen molar-refractivity contribution in [3.8, 4) is 0 Å². The molecule has 0 aliphatic carbocycles. The molecule has 0 amide bonds. The SMILES string of the molecule is O=C(O)[C@@H]1C=C[C@H](C(=O)O)O1. The van der Waals surface area contributed by atoms with Crippen molar-refractivity contribution in [3.05, 3.63) is 12.2 Å². The monoisotopic (exact) mass is 158 g/mol. The van der Waals surface area contributed by atoms with Gasteiger partial charge in [-0.2, -0.15) is 0 Å². The molecule has 0 bridgehead atoms. The zero-order valence-corrected chi connectivity index (χ0v) is 5.43. The first-order chi connectivity index (χ1) is 5.11. The van der Waals surface area contributed by atoms with Gasteiger partial charge in [0.15, 0.2) is 12.2 Å². The minimum atomic E-state index is -1.18. The molecule has 0 aromatic rings. The largest absolute Gasteiger partial charge is 0.479 e. The van der Waals surface area contributed by atoms with Crippen LogP contribution in [0.4, 0.5) is 0 Å². The molecule has 1 aliphatic rings. The lowest BCUT2D eigenvalue weighted by molar-refractivity contribution is -0.155. The standard InChI is InChI=1S/C6H6O5/c7-5(8)3-1-2-4(11-3)6(9)10/h1-4H,(H,7,8)(H,9,10)/t3-,4+. The number of rotatable bonds is 2. The van der Waals surface area contributed by atoms with Gasteiger partial charge in [0.1, 0.15) is 0 Å². The van der Waals surface area contributed by atoms with Gasteiger partial charge in [-0.3, -0.25) is 0 Å². The summed E-state index contributed by atoms with van der Waals surface area (Å²) in [4.78, 5) is 20.4. The maximum absolute atomic E-state index is 10.2. The Morgan fingerprint density at radius 1 is 1.09 bits per heavy atom. The van der Waals surface area contributed by atoms with Crippen molar-refractivity contribution in [2.24, 2.45) is 0 Å². The number of ether oxygens (including phenoxy) is 1. The second kappa shape index (κ2) is 2.71. The van der Waals surface area contributed by atoms with E-state index in [4.69, 9.17) is 10.2 Å². The van der Waals surface area contributed by atoms with Crippen molar-refractivity contribution >= 4 is 11.9 Å². The molecular weight excluding hydrogens is 152 g/mol. The average molecular weight is 158 g/mol. The molecule has 60 valence electrons. The van der Waals surface area contributed by atoms with Gasteiger partial charge in [-0.1, -0.05) is 0 Å². The second-order valence-electron chi connectivity index (χ2n) is 2.04. The average Bonchev–Trinajstić information content (AvgIpc) is 2.33. The molecular formula is C6H6O5. The lowest BCUT2D eigenvalue weighted by Crippen LogP contribution is -2.25. The molecule has 1 rings (SSSR count). The number of carboxylic acid groups (broad SMARTS) is 2. The van der Waals surface area contributed by atoms with Crippen LogP contribution in [0.25, 0.3) is 0 Å². The van der Waals surface area contributed by atoms with E-state index in [0.29, 0.717) is 0 Å². The summed E-state index contributed by atoms with van der Waals surface area (Å²) in [6.07, 6.45) is 0.189. The van der Waals surface area contributed by atoms with Crippen LogP contribution in [0.2, 0.25) is 0 Å². The normalized spacial score (nSPS) is 28.7. The quantitative estimate of drug-likeness (QED) is 0.528.